The normalized spacial score (nSPS) is 34.9. The van der Waals surface area contributed by atoms with Gasteiger partial charge in [0.05, 0.1) is 0 Å². The van der Waals surface area contributed by atoms with Crippen molar-refractivity contribution in [3.05, 3.63) is 60.7 Å². The van der Waals surface area contributed by atoms with E-state index in [-0.39, 0.29) is 0 Å². The maximum absolute atomic E-state index is 2.44. The van der Waals surface area contributed by atoms with Crippen molar-refractivity contribution in [2.45, 2.75) is 42.7 Å². The van der Waals surface area contributed by atoms with E-state index in [2.05, 4.69) is 60.7 Å². The Hall–Kier alpha value is -1.00. The predicted octanol–water partition coefficient (Wildman–Crippen LogP) is 4.27. The van der Waals surface area contributed by atoms with Crippen LogP contribution in [-0.4, -0.2) is 14.7 Å². The van der Waals surface area contributed by atoms with Crippen LogP contribution in [0.3, 0.4) is 0 Å². The Kier molecular flexibility index (Phi) is 3.45. The zero-order chi connectivity index (χ0) is 15.3. The van der Waals surface area contributed by atoms with Gasteiger partial charge in [0.15, 0.2) is 0 Å². The van der Waals surface area contributed by atoms with Gasteiger partial charge in [-0.1, -0.05) is 0 Å². The van der Waals surface area contributed by atoms with Crippen molar-refractivity contribution >= 4 is 23.4 Å². The molecule has 0 N–H and O–H groups in total. The third kappa shape index (κ3) is 2.42. The molecule has 0 aliphatic heterocycles. The number of hydrogen-bond acceptors (Lipinski definition) is 0. The van der Waals surface area contributed by atoms with Gasteiger partial charge >= 0.3 is 144 Å². The Morgan fingerprint density at radius 2 is 1.00 bits per heavy atom. The SMILES string of the molecule is c1ccc([As](c2ccccc2)C23CC4CC(CC(C4)C2)C3)cc1. The van der Waals surface area contributed by atoms with E-state index in [9.17, 15) is 0 Å². The van der Waals surface area contributed by atoms with Gasteiger partial charge in [-0.05, 0) is 0 Å². The summed E-state index contributed by atoms with van der Waals surface area (Å²) in [4.78, 5) is 0. The summed E-state index contributed by atoms with van der Waals surface area (Å²) < 4.78 is 4.05. The molecule has 0 unspecified atom stereocenters. The first-order chi connectivity index (χ1) is 11.3. The van der Waals surface area contributed by atoms with Crippen LogP contribution in [0, 0.1) is 17.8 Å². The Morgan fingerprint density at radius 1 is 0.609 bits per heavy atom. The van der Waals surface area contributed by atoms with Crippen LogP contribution in [0.2, 0.25) is 4.20 Å². The topological polar surface area (TPSA) is 0 Å². The summed E-state index contributed by atoms with van der Waals surface area (Å²) in [5.41, 5.74) is 0. The van der Waals surface area contributed by atoms with Crippen molar-refractivity contribution in [2.24, 2.45) is 17.8 Å². The van der Waals surface area contributed by atoms with Gasteiger partial charge < -0.3 is 0 Å². The predicted molar refractivity (Wildman–Crippen MR) is 98.8 cm³/mol. The van der Waals surface area contributed by atoms with Gasteiger partial charge in [0, 0.05) is 0 Å². The summed E-state index contributed by atoms with van der Waals surface area (Å²) in [6.45, 7) is 0. The summed E-state index contributed by atoms with van der Waals surface area (Å²) in [6, 6.07) is 23.2. The molecule has 0 nitrogen and oxygen atoms in total. The molecule has 4 saturated carbocycles. The second kappa shape index (κ2) is 5.52. The molecular weight excluding hydrogens is 339 g/mol. The molecule has 0 atom stereocenters. The van der Waals surface area contributed by atoms with Gasteiger partial charge in [0.1, 0.15) is 0 Å². The van der Waals surface area contributed by atoms with Gasteiger partial charge in [-0.15, -0.1) is 0 Å². The van der Waals surface area contributed by atoms with Gasteiger partial charge in [-0.2, -0.15) is 0 Å². The van der Waals surface area contributed by atoms with Crippen molar-refractivity contribution in [3.8, 4) is 0 Å². The molecule has 23 heavy (non-hydrogen) atoms. The molecule has 4 aliphatic rings. The fraction of sp³-hybridized carbons (Fsp3) is 0.455. The average molecular weight is 364 g/mol. The van der Waals surface area contributed by atoms with Crippen molar-refractivity contribution in [1.82, 2.24) is 0 Å². The third-order valence-electron chi connectivity index (χ3n) is 6.51. The minimum absolute atomic E-state index is 0.671. The minimum atomic E-state index is -1.25. The summed E-state index contributed by atoms with van der Waals surface area (Å²) in [7, 11) is 0. The standard InChI is InChI=1S/C22H25As/c1-3-7-20(8-4-1)23(21-9-5-2-6-10-21)22-14-17-11-18(15-22)13-19(12-17)16-22/h1-10,17-19H,11-16H2. The molecule has 0 spiro atoms. The number of hydrogen-bond donors (Lipinski definition) is 0. The Morgan fingerprint density at radius 3 is 1.39 bits per heavy atom. The van der Waals surface area contributed by atoms with Crippen molar-refractivity contribution < 1.29 is 0 Å². The Labute approximate surface area is 144 Å². The van der Waals surface area contributed by atoms with E-state index in [0.717, 1.165) is 17.8 Å². The molecule has 2 aromatic carbocycles. The van der Waals surface area contributed by atoms with Gasteiger partial charge in [0.2, 0.25) is 0 Å². The zero-order valence-corrected chi connectivity index (χ0v) is 15.6. The molecule has 0 saturated heterocycles. The van der Waals surface area contributed by atoms with Crippen LogP contribution in [0.25, 0.3) is 0 Å². The second-order valence-electron chi connectivity index (χ2n) is 8.15. The third-order valence-corrected chi connectivity index (χ3v) is 13.1. The fourth-order valence-corrected chi connectivity index (χ4v) is 13.9. The fourth-order valence-electron chi connectivity index (χ4n) is 6.19. The van der Waals surface area contributed by atoms with Crippen molar-refractivity contribution in [3.63, 3.8) is 0 Å². The van der Waals surface area contributed by atoms with Crippen molar-refractivity contribution in [2.75, 3.05) is 0 Å². The van der Waals surface area contributed by atoms with Crippen LogP contribution in [0.4, 0.5) is 0 Å². The molecule has 118 valence electrons. The van der Waals surface area contributed by atoms with Gasteiger partial charge in [-0.25, -0.2) is 0 Å². The van der Waals surface area contributed by atoms with E-state index in [1.54, 1.807) is 28.0 Å². The van der Waals surface area contributed by atoms with E-state index >= 15 is 0 Å². The molecule has 0 radical (unpaired) electrons. The Bertz CT molecular complexity index is 601. The molecular formula is C22H25As. The summed E-state index contributed by atoms with van der Waals surface area (Å²) in [6.07, 6.45) is 9.23. The Balaban J connectivity index is 1.63. The van der Waals surface area contributed by atoms with E-state index in [0.29, 0.717) is 4.20 Å². The van der Waals surface area contributed by atoms with E-state index in [1.165, 1.54) is 19.3 Å². The summed E-state index contributed by atoms with van der Waals surface area (Å²) >= 11 is -1.25. The first-order valence-corrected chi connectivity index (χ1v) is 12.0. The number of benzene rings is 2. The number of rotatable bonds is 3. The van der Waals surface area contributed by atoms with Crippen LogP contribution in [0.1, 0.15) is 38.5 Å². The monoisotopic (exact) mass is 364 g/mol. The quantitative estimate of drug-likeness (QED) is 0.714. The average Bonchev–Trinajstić information content (AvgIpc) is 2.55. The molecule has 4 aliphatic carbocycles. The van der Waals surface area contributed by atoms with E-state index < -0.39 is 14.7 Å². The van der Waals surface area contributed by atoms with Crippen molar-refractivity contribution in [1.29, 1.82) is 0 Å². The molecule has 1 heteroatoms. The first kappa shape index (κ1) is 14.4. The van der Waals surface area contributed by atoms with Crippen LogP contribution >= 0.6 is 0 Å². The van der Waals surface area contributed by atoms with Gasteiger partial charge in [-0.3, -0.25) is 0 Å². The maximum atomic E-state index is 2.44. The zero-order valence-electron chi connectivity index (χ0n) is 13.7. The molecule has 0 heterocycles. The van der Waals surface area contributed by atoms with Gasteiger partial charge in [0.25, 0.3) is 0 Å². The molecule has 4 fully saturated rings. The molecule has 6 rings (SSSR count). The molecule has 4 bridgehead atoms. The molecule has 2 aromatic rings. The van der Waals surface area contributed by atoms with Crippen LogP contribution in [0.5, 0.6) is 0 Å². The second-order valence-corrected chi connectivity index (χ2v) is 13.7. The molecule has 0 amide bonds. The van der Waals surface area contributed by atoms with E-state index in [1.807, 2.05) is 0 Å². The summed E-state index contributed by atoms with van der Waals surface area (Å²) in [5.74, 6) is 3.14. The first-order valence-electron chi connectivity index (χ1n) is 9.23. The van der Waals surface area contributed by atoms with Crippen LogP contribution in [0.15, 0.2) is 60.7 Å². The van der Waals surface area contributed by atoms with E-state index in [4.69, 9.17) is 0 Å². The van der Waals surface area contributed by atoms with Crippen LogP contribution < -0.4 is 8.70 Å². The molecule has 0 aromatic heterocycles. The summed E-state index contributed by atoms with van der Waals surface area (Å²) in [5, 5.41) is 0. The van der Waals surface area contributed by atoms with Crippen LogP contribution in [-0.2, 0) is 0 Å².